The zero-order chi connectivity index (χ0) is 40.9. The average Bonchev–Trinajstić information content (AvgIpc) is 3.55. The average molecular weight is 785 g/mol. The highest BCUT2D eigenvalue weighted by atomic mass is 15.1. The number of fused-ring (bicyclic) bond motifs is 5. The molecular weight excluding hydrogens is 737 g/mol. The second kappa shape index (κ2) is 15.1. The van der Waals surface area contributed by atoms with Crippen LogP contribution in [-0.4, -0.2) is 0 Å². The summed E-state index contributed by atoms with van der Waals surface area (Å²) in [6.07, 6.45) is 8.17. The minimum absolute atomic E-state index is 0.249. The van der Waals surface area contributed by atoms with E-state index in [0.717, 1.165) is 29.9 Å². The van der Waals surface area contributed by atoms with Crippen LogP contribution in [0.1, 0.15) is 55.7 Å². The number of hydrogen-bond acceptors (Lipinski definition) is 2. The summed E-state index contributed by atoms with van der Waals surface area (Å²) in [5, 5.41) is 4.93. The van der Waals surface area contributed by atoms with Crippen LogP contribution in [0.5, 0.6) is 0 Å². The lowest BCUT2D eigenvalue weighted by Gasteiger charge is -2.30. The van der Waals surface area contributed by atoms with Gasteiger partial charge in [0.05, 0.1) is 11.4 Å². The molecule has 0 aliphatic heterocycles. The molecule has 0 bridgehead atoms. The van der Waals surface area contributed by atoms with Gasteiger partial charge in [-0.1, -0.05) is 166 Å². The Labute approximate surface area is 359 Å². The van der Waals surface area contributed by atoms with Gasteiger partial charge in [-0.05, 0) is 136 Å². The van der Waals surface area contributed by atoms with Crippen LogP contribution in [0.2, 0.25) is 0 Å². The van der Waals surface area contributed by atoms with Crippen LogP contribution in [0, 0.1) is 0 Å². The molecule has 0 saturated carbocycles. The van der Waals surface area contributed by atoms with Gasteiger partial charge in [-0.3, -0.25) is 0 Å². The largest absolute Gasteiger partial charge is 0.310 e. The molecule has 0 fully saturated rings. The Hall–Kier alpha value is -7.16. The zero-order valence-corrected chi connectivity index (χ0v) is 34.8. The van der Waals surface area contributed by atoms with Crippen molar-refractivity contribution < 1.29 is 0 Å². The van der Waals surface area contributed by atoms with Gasteiger partial charge in [0.25, 0.3) is 0 Å². The summed E-state index contributed by atoms with van der Waals surface area (Å²) in [5.74, 6) is 0.583. The van der Waals surface area contributed by atoms with Gasteiger partial charge < -0.3 is 9.80 Å². The second-order valence-electron chi connectivity index (χ2n) is 17.2. The molecule has 2 heteroatoms. The first-order chi connectivity index (χ1) is 30.0. The molecule has 0 N–H and O–H groups in total. The van der Waals surface area contributed by atoms with E-state index in [1.54, 1.807) is 0 Å². The van der Waals surface area contributed by atoms with Crippen molar-refractivity contribution in [3.63, 3.8) is 0 Å². The molecule has 2 nitrogen and oxygen atoms in total. The standard InChI is InChI=1S/C59H48N2/c1-59(2)55-39-49(60(57-25-13-21-45-19-9-11-23-51(45)57)47-31-27-43(28-32-47)41-15-5-3-6-16-41)35-37-53(55)54-38-36-50(40-56(54)59)61(58-26-14-22-46-20-10-12-24-52(46)58)48-33-29-44(30-34-48)42-17-7-4-8-18-42/h3-7,9-16,19-40,42H,8,17-18H2,1-2H3. The molecule has 61 heavy (non-hydrogen) atoms. The van der Waals surface area contributed by atoms with Crippen molar-refractivity contribution in [1.82, 2.24) is 0 Å². The minimum atomic E-state index is -0.249. The smallest absolute Gasteiger partial charge is 0.0540 e. The van der Waals surface area contributed by atoms with Gasteiger partial charge in [-0.15, -0.1) is 0 Å². The van der Waals surface area contributed by atoms with Crippen molar-refractivity contribution in [3.05, 3.63) is 229 Å². The van der Waals surface area contributed by atoms with E-state index < -0.39 is 0 Å². The second-order valence-corrected chi connectivity index (χ2v) is 17.2. The fourth-order valence-electron chi connectivity index (χ4n) is 10.1. The van der Waals surface area contributed by atoms with Gasteiger partial charge in [0.1, 0.15) is 0 Å². The van der Waals surface area contributed by atoms with E-state index in [4.69, 9.17) is 0 Å². The van der Waals surface area contributed by atoms with E-state index in [0.29, 0.717) is 5.92 Å². The Morgan fingerprint density at radius 2 is 0.902 bits per heavy atom. The molecular formula is C59H48N2. The van der Waals surface area contributed by atoms with Crippen molar-refractivity contribution in [2.75, 3.05) is 9.80 Å². The van der Waals surface area contributed by atoms with Crippen LogP contribution in [-0.2, 0) is 5.41 Å². The quantitative estimate of drug-likeness (QED) is 0.142. The first kappa shape index (κ1) is 36.9. The van der Waals surface area contributed by atoms with Crippen LogP contribution < -0.4 is 9.80 Å². The predicted molar refractivity (Wildman–Crippen MR) is 260 cm³/mol. The van der Waals surface area contributed by atoms with Crippen molar-refractivity contribution in [2.45, 2.75) is 44.4 Å². The first-order valence-corrected chi connectivity index (χ1v) is 21.8. The molecule has 294 valence electrons. The van der Waals surface area contributed by atoms with E-state index in [9.17, 15) is 0 Å². The SMILES string of the molecule is CC1(C)c2cc(N(c3ccc(-c4ccccc4)cc3)c3cccc4ccccc34)ccc2-c2ccc(N(c3ccc(C4CC=CCC4)cc3)c3cccc4ccccc34)cc21. The number of allylic oxidation sites excluding steroid dienone is 2. The molecule has 0 amide bonds. The van der Waals surface area contributed by atoms with Crippen molar-refractivity contribution >= 4 is 55.7 Å². The van der Waals surface area contributed by atoms with Crippen molar-refractivity contribution in [3.8, 4) is 22.3 Å². The number of rotatable bonds is 8. The predicted octanol–water partition coefficient (Wildman–Crippen LogP) is 16.7. The number of benzene rings is 9. The summed E-state index contributed by atoms with van der Waals surface area (Å²) in [6.45, 7) is 4.80. The van der Waals surface area contributed by atoms with Crippen molar-refractivity contribution in [2.24, 2.45) is 0 Å². The third-order valence-electron chi connectivity index (χ3n) is 13.3. The molecule has 0 heterocycles. The third kappa shape index (κ3) is 6.51. The monoisotopic (exact) mass is 784 g/mol. The molecule has 9 aromatic rings. The van der Waals surface area contributed by atoms with Crippen LogP contribution >= 0.6 is 0 Å². The van der Waals surface area contributed by atoms with E-state index in [1.807, 2.05) is 0 Å². The summed E-state index contributed by atoms with van der Waals surface area (Å²) in [7, 11) is 0. The number of anilines is 6. The van der Waals surface area contributed by atoms with Crippen LogP contribution in [0.25, 0.3) is 43.8 Å². The molecule has 0 aromatic heterocycles. The van der Waals surface area contributed by atoms with Gasteiger partial charge in [0, 0.05) is 38.9 Å². The fraction of sp³-hybridized carbons (Fsp3) is 0.119. The Bertz CT molecular complexity index is 3070. The Balaban J connectivity index is 1.02. The highest BCUT2D eigenvalue weighted by molar-refractivity contribution is 6.01. The maximum absolute atomic E-state index is 2.47. The van der Waals surface area contributed by atoms with Crippen LogP contribution in [0.15, 0.2) is 212 Å². The van der Waals surface area contributed by atoms with E-state index in [-0.39, 0.29) is 5.41 Å². The van der Waals surface area contributed by atoms with E-state index in [2.05, 4.69) is 236 Å². The van der Waals surface area contributed by atoms with Gasteiger partial charge >= 0.3 is 0 Å². The van der Waals surface area contributed by atoms with E-state index >= 15 is 0 Å². The molecule has 2 aliphatic carbocycles. The molecule has 0 saturated heterocycles. The summed E-state index contributed by atoms with van der Waals surface area (Å²) < 4.78 is 0. The lowest BCUT2D eigenvalue weighted by Crippen LogP contribution is -2.18. The summed E-state index contributed by atoms with van der Waals surface area (Å²) in [6, 6.07) is 74.2. The van der Waals surface area contributed by atoms with Crippen LogP contribution in [0.3, 0.4) is 0 Å². The van der Waals surface area contributed by atoms with Gasteiger partial charge in [0.15, 0.2) is 0 Å². The highest BCUT2D eigenvalue weighted by Gasteiger charge is 2.37. The van der Waals surface area contributed by atoms with Gasteiger partial charge in [0.2, 0.25) is 0 Å². The first-order valence-electron chi connectivity index (χ1n) is 21.8. The molecule has 11 rings (SSSR count). The molecule has 0 radical (unpaired) electrons. The lowest BCUT2D eigenvalue weighted by molar-refractivity contribution is 0.617. The Kier molecular flexibility index (Phi) is 9.16. The van der Waals surface area contributed by atoms with Gasteiger partial charge in [-0.2, -0.15) is 0 Å². The Morgan fingerprint density at radius 1 is 0.426 bits per heavy atom. The highest BCUT2D eigenvalue weighted by Crippen LogP contribution is 2.53. The number of hydrogen-bond donors (Lipinski definition) is 0. The summed E-state index contributed by atoms with van der Waals surface area (Å²) in [5.41, 5.74) is 15.9. The van der Waals surface area contributed by atoms with E-state index in [1.165, 1.54) is 84.0 Å². The van der Waals surface area contributed by atoms with Crippen LogP contribution in [0.4, 0.5) is 34.1 Å². The fourth-order valence-corrected chi connectivity index (χ4v) is 10.1. The Morgan fingerprint density at radius 3 is 1.44 bits per heavy atom. The summed E-state index contributed by atoms with van der Waals surface area (Å²) >= 11 is 0. The molecule has 2 aliphatic rings. The minimum Gasteiger partial charge on any atom is -0.310 e. The zero-order valence-electron chi connectivity index (χ0n) is 34.8. The van der Waals surface area contributed by atoms with Gasteiger partial charge in [-0.25, -0.2) is 0 Å². The lowest BCUT2D eigenvalue weighted by atomic mass is 9.82. The normalized spacial score (nSPS) is 15.1. The maximum Gasteiger partial charge on any atom is 0.0540 e. The van der Waals surface area contributed by atoms with Crippen molar-refractivity contribution in [1.29, 1.82) is 0 Å². The topological polar surface area (TPSA) is 6.48 Å². The number of nitrogens with zero attached hydrogens (tertiary/aromatic N) is 2. The summed E-state index contributed by atoms with van der Waals surface area (Å²) in [4.78, 5) is 4.91. The molecule has 1 atom stereocenters. The maximum atomic E-state index is 2.47. The molecule has 1 unspecified atom stereocenters. The third-order valence-corrected chi connectivity index (χ3v) is 13.3. The molecule has 0 spiro atoms. The molecule has 9 aromatic carbocycles.